The molecule has 3 atom stereocenters. The molecule has 0 radical (unpaired) electrons. The first-order chi connectivity index (χ1) is 9.64. The van der Waals surface area contributed by atoms with Crippen molar-refractivity contribution in [3.8, 4) is 5.75 Å². The third-order valence-electron chi connectivity index (χ3n) is 4.48. The van der Waals surface area contributed by atoms with Crippen LogP contribution in [0.15, 0.2) is 18.2 Å². The maximum atomic E-state index is 13.5. The fourth-order valence-electron chi connectivity index (χ4n) is 3.27. The van der Waals surface area contributed by atoms with Crippen molar-refractivity contribution in [2.45, 2.75) is 50.0 Å². The Hall–Kier alpha value is -0.740. The van der Waals surface area contributed by atoms with Crippen LogP contribution in [-0.4, -0.2) is 23.1 Å². The monoisotopic (exact) mass is 295 g/mol. The van der Waals surface area contributed by atoms with Crippen molar-refractivity contribution in [3.05, 3.63) is 29.6 Å². The fraction of sp³-hybridized carbons (Fsp3) is 0.625. The molecule has 1 aromatic carbocycles. The van der Waals surface area contributed by atoms with Gasteiger partial charge in [0, 0.05) is 23.3 Å². The summed E-state index contributed by atoms with van der Waals surface area (Å²) in [6, 6.07) is 5.13. The molecule has 2 heterocycles. The van der Waals surface area contributed by atoms with Crippen LogP contribution in [0.25, 0.3) is 0 Å². The van der Waals surface area contributed by atoms with Gasteiger partial charge in [-0.05, 0) is 50.3 Å². The van der Waals surface area contributed by atoms with Gasteiger partial charge in [-0.2, -0.15) is 11.8 Å². The van der Waals surface area contributed by atoms with Gasteiger partial charge in [0.1, 0.15) is 17.2 Å². The highest BCUT2D eigenvalue weighted by atomic mass is 32.2. The zero-order valence-corrected chi connectivity index (χ0v) is 12.9. The number of fused-ring (bicyclic) bond motifs is 1. The van der Waals surface area contributed by atoms with Gasteiger partial charge < -0.3 is 10.1 Å². The molecule has 2 aliphatic rings. The minimum absolute atomic E-state index is 0.0824. The molecule has 1 N–H and O–H groups in total. The molecule has 2 nitrogen and oxygen atoms in total. The molecule has 4 heteroatoms. The average Bonchev–Trinajstić information content (AvgIpc) is 2.78. The second-order valence-corrected chi connectivity index (χ2v) is 7.27. The van der Waals surface area contributed by atoms with E-state index in [2.05, 4.69) is 19.2 Å². The summed E-state index contributed by atoms with van der Waals surface area (Å²) in [5.41, 5.74) is 0.897. The third-order valence-corrected chi connectivity index (χ3v) is 5.85. The van der Waals surface area contributed by atoms with Crippen LogP contribution in [0.4, 0.5) is 4.39 Å². The first-order valence-electron chi connectivity index (χ1n) is 7.48. The molecule has 3 unspecified atom stereocenters. The number of rotatable bonds is 3. The molecular weight excluding hydrogens is 273 g/mol. The SMILES string of the molecule is CCCNC1CC2(CCSC2C)Oc2ccc(F)cc21. The summed E-state index contributed by atoms with van der Waals surface area (Å²) in [5, 5.41) is 4.06. The highest BCUT2D eigenvalue weighted by Gasteiger charge is 2.48. The average molecular weight is 295 g/mol. The van der Waals surface area contributed by atoms with Crippen LogP contribution in [0, 0.1) is 5.82 Å². The summed E-state index contributed by atoms with van der Waals surface area (Å²) in [6.45, 7) is 5.36. The van der Waals surface area contributed by atoms with Crippen LogP contribution >= 0.6 is 11.8 Å². The van der Waals surface area contributed by atoms with Gasteiger partial charge in [-0.15, -0.1) is 0 Å². The van der Waals surface area contributed by atoms with Gasteiger partial charge in [-0.25, -0.2) is 4.39 Å². The van der Waals surface area contributed by atoms with E-state index < -0.39 is 0 Å². The molecule has 1 fully saturated rings. The maximum Gasteiger partial charge on any atom is 0.125 e. The van der Waals surface area contributed by atoms with Crippen molar-refractivity contribution in [1.29, 1.82) is 0 Å². The van der Waals surface area contributed by atoms with Crippen molar-refractivity contribution in [3.63, 3.8) is 0 Å². The summed E-state index contributed by atoms with van der Waals surface area (Å²) < 4.78 is 19.9. The molecule has 110 valence electrons. The summed E-state index contributed by atoms with van der Waals surface area (Å²) >= 11 is 1.98. The van der Waals surface area contributed by atoms with E-state index in [9.17, 15) is 4.39 Å². The van der Waals surface area contributed by atoms with Crippen molar-refractivity contribution >= 4 is 11.8 Å². The molecular formula is C16H22FNOS. The van der Waals surface area contributed by atoms with Gasteiger partial charge in [0.05, 0.1) is 0 Å². The molecule has 3 rings (SSSR count). The number of ether oxygens (including phenoxy) is 1. The molecule has 0 bridgehead atoms. The van der Waals surface area contributed by atoms with Crippen molar-refractivity contribution < 1.29 is 9.13 Å². The minimum atomic E-state index is -0.180. The number of hydrogen-bond acceptors (Lipinski definition) is 3. The molecule has 2 aliphatic heterocycles. The van der Waals surface area contributed by atoms with Crippen LogP contribution in [0.5, 0.6) is 5.75 Å². The number of benzene rings is 1. The zero-order chi connectivity index (χ0) is 14.2. The van der Waals surface area contributed by atoms with E-state index in [4.69, 9.17) is 4.74 Å². The first kappa shape index (κ1) is 14.2. The molecule has 0 amide bonds. The van der Waals surface area contributed by atoms with E-state index in [1.54, 1.807) is 12.1 Å². The van der Waals surface area contributed by atoms with Crippen LogP contribution in [0.3, 0.4) is 0 Å². The van der Waals surface area contributed by atoms with Gasteiger partial charge in [-0.1, -0.05) is 6.92 Å². The van der Waals surface area contributed by atoms with E-state index in [0.29, 0.717) is 5.25 Å². The lowest BCUT2D eigenvalue weighted by atomic mass is 9.83. The largest absolute Gasteiger partial charge is 0.486 e. The van der Waals surface area contributed by atoms with Gasteiger partial charge in [-0.3, -0.25) is 0 Å². The quantitative estimate of drug-likeness (QED) is 0.913. The lowest BCUT2D eigenvalue weighted by Gasteiger charge is -2.42. The molecule has 1 saturated heterocycles. The highest BCUT2D eigenvalue weighted by Crippen LogP contribution is 2.49. The second kappa shape index (κ2) is 5.57. The molecule has 0 aliphatic carbocycles. The summed E-state index contributed by atoms with van der Waals surface area (Å²) in [7, 11) is 0. The van der Waals surface area contributed by atoms with E-state index in [1.807, 2.05) is 11.8 Å². The first-order valence-corrected chi connectivity index (χ1v) is 8.53. The van der Waals surface area contributed by atoms with Gasteiger partial charge in [0.2, 0.25) is 0 Å². The smallest absolute Gasteiger partial charge is 0.125 e. The maximum absolute atomic E-state index is 13.5. The Bertz CT molecular complexity index is 495. The molecule has 20 heavy (non-hydrogen) atoms. The van der Waals surface area contributed by atoms with E-state index in [-0.39, 0.29) is 17.5 Å². The topological polar surface area (TPSA) is 21.3 Å². The van der Waals surface area contributed by atoms with Crippen molar-refractivity contribution in [2.24, 2.45) is 0 Å². The number of thioether (sulfide) groups is 1. The molecule has 1 aromatic rings. The summed E-state index contributed by atoms with van der Waals surface area (Å²) in [6.07, 6.45) is 3.11. The lowest BCUT2D eigenvalue weighted by Crippen LogP contribution is -2.48. The van der Waals surface area contributed by atoms with Gasteiger partial charge in [0.25, 0.3) is 0 Å². The lowest BCUT2D eigenvalue weighted by molar-refractivity contribution is 0.0351. The van der Waals surface area contributed by atoms with E-state index in [1.165, 1.54) is 6.07 Å². The normalized spacial score (nSPS) is 32.1. The summed E-state index contributed by atoms with van der Waals surface area (Å²) in [5.74, 6) is 1.83. The van der Waals surface area contributed by atoms with Crippen LogP contribution in [-0.2, 0) is 0 Å². The Morgan fingerprint density at radius 2 is 2.35 bits per heavy atom. The predicted molar refractivity (Wildman–Crippen MR) is 81.9 cm³/mol. The standard InChI is InChI=1S/C16H22FNOS/c1-3-7-18-14-10-16(6-8-20-11(16)2)19-15-5-4-12(17)9-13(14)15/h4-5,9,11,14,18H,3,6-8,10H2,1-2H3. The number of hydrogen-bond donors (Lipinski definition) is 1. The van der Waals surface area contributed by atoms with Gasteiger partial charge in [0.15, 0.2) is 0 Å². The molecule has 1 spiro atoms. The second-order valence-electron chi connectivity index (χ2n) is 5.82. The molecule has 0 aromatic heterocycles. The Labute approximate surface area is 124 Å². The summed E-state index contributed by atoms with van der Waals surface area (Å²) in [4.78, 5) is 0. The Balaban J connectivity index is 1.94. The van der Waals surface area contributed by atoms with E-state index >= 15 is 0 Å². The molecule has 0 saturated carbocycles. The Kier molecular flexibility index (Phi) is 3.95. The number of halogens is 1. The fourth-order valence-corrected chi connectivity index (χ4v) is 4.65. The third kappa shape index (κ3) is 2.44. The number of nitrogens with one attached hydrogen (secondary N) is 1. The Morgan fingerprint density at radius 1 is 1.50 bits per heavy atom. The zero-order valence-electron chi connectivity index (χ0n) is 12.1. The van der Waals surface area contributed by atoms with Gasteiger partial charge >= 0.3 is 0 Å². The van der Waals surface area contributed by atoms with Crippen molar-refractivity contribution in [2.75, 3.05) is 12.3 Å². The van der Waals surface area contributed by atoms with Crippen LogP contribution < -0.4 is 10.1 Å². The highest BCUT2D eigenvalue weighted by molar-refractivity contribution is 8.00. The van der Waals surface area contributed by atoms with Crippen LogP contribution in [0.1, 0.15) is 44.7 Å². The predicted octanol–water partition coefficient (Wildman–Crippen LogP) is 3.91. The minimum Gasteiger partial charge on any atom is -0.486 e. The Morgan fingerprint density at radius 3 is 3.05 bits per heavy atom. The van der Waals surface area contributed by atoms with Crippen molar-refractivity contribution in [1.82, 2.24) is 5.32 Å². The van der Waals surface area contributed by atoms with E-state index in [0.717, 1.165) is 42.9 Å². The van der Waals surface area contributed by atoms with Crippen LogP contribution in [0.2, 0.25) is 0 Å².